The molecule has 19 heavy (non-hydrogen) atoms. The van der Waals surface area contributed by atoms with Gasteiger partial charge in [0.05, 0.1) is 25.0 Å². The summed E-state index contributed by atoms with van der Waals surface area (Å²) in [5.74, 6) is 2.13. The Labute approximate surface area is 115 Å². The number of nitrogens with zero attached hydrogens (tertiary/aromatic N) is 1. The lowest BCUT2D eigenvalue weighted by molar-refractivity contribution is -0.0378. The number of hydrogen-bond acceptors (Lipinski definition) is 6. The maximum atomic E-state index is 12.0. The highest BCUT2D eigenvalue weighted by atomic mass is 32.2. The number of aliphatic hydroxyl groups is 1. The first-order valence-corrected chi connectivity index (χ1v) is 7.34. The van der Waals surface area contributed by atoms with Gasteiger partial charge in [-0.05, 0) is 19.1 Å². The van der Waals surface area contributed by atoms with Crippen LogP contribution in [0, 0.1) is 6.92 Å². The lowest BCUT2D eigenvalue weighted by Crippen LogP contribution is -2.45. The van der Waals surface area contributed by atoms with Crippen molar-refractivity contribution in [2.45, 2.75) is 18.9 Å². The third-order valence-corrected chi connectivity index (χ3v) is 4.36. The van der Waals surface area contributed by atoms with E-state index in [0.717, 1.165) is 17.9 Å². The number of rotatable bonds is 6. The minimum absolute atomic E-state index is 0.00881. The molecule has 1 aromatic rings. The number of nitrogens with one attached hydrogen (secondary N) is 1. The standard InChI is InChI=1S/C12H18N2O4S/c1-9-10(6-14-18-9)11(16)13-7-12(17-4-3-15)2-5-19-8-12/h6,15H,2-5,7-8H2,1H3,(H,13,16). The number of carbonyl (C=O) groups is 1. The van der Waals surface area contributed by atoms with Crippen molar-refractivity contribution < 1.29 is 19.2 Å². The summed E-state index contributed by atoms with van der Waals surface area (Å²) in [6.45, 7) is 2.42. The highest BCUT2D eigenvalue weighted by Crippen LogP contribution is 2.30. The first-order valence-electron chi connectivity index (χ1n) is 6.19. The summed E-state index contributed by atoms with van der Waals surface area (Å²) in [4.78, 5) is 12.0. The molecule has 6 nitrogen and oxygen atoms in total. The molecule has 7 heteroatoms. The Morgan fingerprint density at radius 1 is 1.74 bits per heavy atom. The fraction of sp³-hybridized carbons (Fsp3) is 0.667. The van der Waals surface area contributed by atoms with Crippen LogP contribution >= 0.6 is 11.8 Å². The minimum atomic E-state index is -0.367. The van der Waals surface area contributed by atoms with Gasteiger partial charge in [0.1, 0.15) is 11.3 Å². The van der Waals surface area contributed by atoms with Crippen molar-refractivity contribution in [2.24, 2.45) is 0 Å². The van der Waals surface area contributed by atoms with Crippen molar-refractivity contribution in [3.8, 4) is 0 Å². The fourth-order valence-corrected chi connectivity index (χ4v) is 3.37. The van der Waals surface area contributed by atoms with Crippen LogP contribution in [-0.4, -0.2) is 53.0 Å². The van der Waals surface area contributed by atoms with Gasteiger partial charge in [-0.25, -0.2) is 0 Å². The van der Waals surface area contributed by atoms with Crippen LogP contribution in [0.15, 0.2) is 10.7 Å². The first-order chi connectivity index (χ1) is 9.17. The van der Waals surface area contributed by atoms with Crippen LogP contribution in [0.5, 0.6) is 0 Å². The van der Waals surface area contributed by atoms with Crippen LogP contribution in [0.1, 0.15) is 22.5 Å². The Hall–Kier alpha value is -1.05. The SMILES string of the molecule is Cc1oncc1C(=O)NCC1(OCCO)CCSC1. The number of amides is 1. The van der Waals surface area contributed by atoms with Gasteiger partial charge in [0, 0.05) is 12.3 Å². The number of aryl methyl sites for hydroxylation is 1. The summed E-state index contributed by atoms with van der Waals surface area (Å²) in [6, 6.07) is 0. The molecular weight excluding hydrogens is 268 g/mol. The second-order valence-electron chi connectivity index (χ2n) is 4.54. The van der Waals surface area contributed by atoms with Crippen LogP contribution in [0.25, 0.3) is 0 Å². The molecule has 0 aromatic carbocycles. The van der Waals surface area contributed by atoms with E-state index in [1.54, 1.807) is 18.7 Å². The van der Waals surface area contributed by atoms with E-state index in [4.69, 9.17) is 14.4 Å². The molecule has 2 N–H and O–H groups in total. The summed E-state index contributed by atoms with van der Waals surface area (Å²) in [5.41, 5.74) is 0.0802. The molecule has 1 aromatic heterocycles. The monoisotopic (exact) mass is 286 g/mol. The number of aliphatic hydroxyl groups excluding tert-OH is 1. The van der Waals surface area contributed by atoms with Crippen molar-refractivity contribution in [1.29, 1.82) is 0 Å². The van der Waals surface area contributed by atoms with Crippen molar-refractivity contribution in [1.82, 2.24) is 10.5 Å². The number of hydrogen-bond donors (Lipinski definition) is 2. The van der Waals surface area contributed by atoms with E-state index in [1.807, 2.05) is 0 Å². The average molecular weight is 286 g/mol. The van der Waals surface area contributed by atoms with E-state index >= 15 is 0 Å². The molecule has 0 radical (unpaired) electrons. The number of thioether (sulfide) groups is 1. The van der Waals surface area contributed by atoms with Gasteiger partial charge in [-0.3, -0.25) is 4.79 Å². The number of carbonyl (C=O) groups excluding carboxylic acids is 1. The Balaban J connectivity index is 1.92. The number of aromatic nitrogens is 1. The topological polar surface area (TPSA) is 84.6 Å². The van der Waals surface area contributed by atoms with Crippen LogP contribution < -0.4 is 5.32 Å². The van der Waals surface area contributed by atoms with Crippen LogP contribution in [0.3, 0.4) is 0 Å². The van der Waals surface area contributed by atoms with Gasteiger partial charge in [-0.1, -0.05) is 5.16 Å². The molecule has 0 bridgehead atoms. The van der Waals surface area contributed by atoms with Crippen LogP contribution in [-0.2, 0) is 4.74 Å². The third kappa shape index (κ3) is 3.49. The Bertz CT molecular complexity index is 429. The van der Waals surface area contributed by atoms with Crippen molar-refractivity contribution in [2.75, 3.05) is 31.3 Å². The van der Waals surface area contributed by atoms with Gasteiger partial charge in [-0.15, -0.1) is 0 Å². The molecule has 2 rings (SSSR count). The molecule has 1 unspecified atom stereocenters. The van der Waals surface area contributed by atoms with Crippen LogP contribution in [0.4, 0.5) is 0 Å². The Morgan fingerprint density at radius 3 is 3.16 bits per heavy atom. The van der Waals surface area contributed by atoms with Crippen molar-refractivity contribution >= 4 is 17.7 Å². The highest BCUT2D eigenvalue weighted by molar-refractivity contribution is 7.99. The summed E-state index contributed by atoms with van der Waals surface area (Å²) >= 11 is 1.79. The van der Waals surface area contributed by atoms with Gasteiger partial charge in [0.25, 0.3) is 5.91 Å². The molecule has 1 saturated heterocycles. The molecule has 1 atom stereocenters. The molecular formula is C12H18N2O4S. The van der Waals surface area contributed by atoms with Gasteiger partial charge in [0.2, 0.25) is 0 Å². The van der Waals surface area contributed by atoms with E-state index in [0.29, 0.717) is 24.5 Å². The predicted molar refractivity (Wildman–Crippen MR) is 71.3 cm³/mol. The van der Waals surface area contributed by atoms with Gasteiger partial charge in [-0.2, -0.15) is 11.8 Å². The predicted octanol–water partition coefficient (Wildman–Crippen LogP) is 0.597. The molecule has 0 saturated carbocycles. The molecule has 1 aliphatic heterocycles. The maximum absolute atomic E-state index is 12.0. The van der Waals surface area contributed by atoms with E-state index in [2.05, 4.69) is 10.5 Å². The molecule has 2 heterocycles. The van der Waals surface area contributed by atoms with E-state index in [1.165, 1.54) is 6.20 Å². The zero-order valence-corrected chi connectivity index (χ0v) is 11.7. The van der Waals surface area contributed by atoms with Gasteiger partial charge >= 0.3 is 0 Å². The first kappa shape index (κ1) is 14.4. The Morgan fingerprint density at radius 2 is 2.58 bits per heavy atom. The fourth-order valence-electron chi connectivity index (χ4n) is 2.01. The maximum Gasteiger partial charge on any atom is 0.256 e. The zero-order chi connectivity index (χ0) is 13.7. The van der Waals surface area contributed by atoms with Crippen molar-refractivity contribution in [3.63, 3.8) is 0 Å². The van der Waals surface area contributed by atoms with Gasteiger partial charge < -0.3 is 19.7 Å². The minimum Gasteiger partial charge on any atom is -0.394 e. The lowest BCUT2D eigenvalue weighted by atomic mass is 10.0. The molecule has 0 spiro atoms. The van der Waals surface area contributed by atoms with E-state index in [-0.39, 0.29) is 18.1 Å². The van der Waals surface area contributed by atoms with Crippen LogP contribution in [0.2, 0.25) is 0 Å². The molecule has 1 aliphatic rings. The van der Waals surface area contributed by atoms with Crippen molar-refractivity contribution in [3.05, 3.63) is 17.5 Å². The zero-order valence-electron chi connectivity index (χ0n) is 10.8. The lowest BCUT2D eigenvalue weighted by Gasteiger charge is -2.28. The number of ether oxygens (including phenoxy) is 1. The normalized spacial score (nSPS) is 22.6. The van der Waals surface area contributed by atoms with E-state index < -0.39 is 0 Å². The second kappa shape index (κ2) is 6.40. The summed E-state index contributed by atoms with van der Waals surface area (Å²) < 4.78 is 10.6. The third-order valence-electron chi connectivity index (χ3n) is 3.13. The average Bonchev–Trinajstić information content (AvgIpc) is 3.03. The molecule has 0 aliphatic carbocycles. The van der Waals surface area contributed by atoms with E-state index in [9.17, 15) is 4.79 Å². The largest absolute Gasteiger partial charge is 0.394 e. The highest BCUT2D eigenvalue weighted by Gasteiger charge is 2.36. The Kier molecular flexibility index (Phi) is 4.84. The van der Waals surface area contributed by atoms with Gasteiger partial charge in [0.15, 0.2) is 0 Å². The molecule has 106 valence electrons. The smallest absolute Gasteiger partial charge is 0.256 e. The summed E-state index contributed by atoms with van der Waals surface area (Å²) in [6.07, 6.45) is 2.29. The molecule has 1 amide bonds. The quantitative estimate of drug-likeness (QED) is 0.796. The molecule has 1 fully saturated rings. The summed E-state index contributed by atoms with van der Waals surface area (Å²) in [5, 5.41) is 15.3. The second-order valence-corrected chi connectivity index (χ2v) is 5.64. The summed E-state index contributed by atoms with van der Waals surface area (Å²) in [7, 11) is 0.